The molecule has 0 saturated carbocycles. The van der Waals surface area contributed by atoms with Crippen molar-refractivity contribution in [3.05, 3.63) is 18.3 Å². The molecule has 0 bridgehead atoms. The third-order valence-corrected chi connectivity index (χ3v) is 3.06. The lowest BCUT2D eigenvalue weighted by Crippen LogP contribution is -2.24. The van der Waals surface area contributed by atoms with E-state index >= 15 is 0 Å². The summed E-state index contributed by atoms with van der Waals surface area (Å²) >= 11 is 0. The Bertz CT molecular complexity index is 340. The molecule has 2 unspecified atom stereocenters. The summed E-state index contributed by atoms with van der Waals surface area (Å²) in [5.41, 5.74) is 6.79. The molecule has 0 aromatic carbocycles. The number of anilines is 2. The molecule has 2 rings (SSSR count). The van der Waals surface area contributed by atoms with E-state index in [1.807, 2.05) is 19.1 Å². The lowest BCUT2D eigenvalue weighted by Gasteiger charge is -2.20. The zero-order valence-corrected chi connectivity index (χ0v) is 8.93. The van der Waals surface area contributed by atoms with Crippen LogP contribution < -0.4 is 10.6 Å². The van der Waals surface area contributed by atoms with Gasteiger partial charge < -0.3 is 15.7 Å². The average Bonchev–Trinajstić information content (AvgIpc) is 2.67. The van der Waals surface area contributed by atoms with Crippen LogP contribution in [0.2, 0.25) is 0 Å². The second kappa shape index (κ2) is 4.06. The van der Waals surface area contributed by atoms with Crippen molar-refractivity contribution in [3.8, 4) is 0 Å². The highest BCUT2D eigenvalue weighted by Crippen LogP contribution is 2.28. The predicted octanol–water partition coefficient (Wildman–Crippen LogP) is 0.871. The highest BCUT2D eigenvalue weighted by atomic mass is 16.3. The second-order valence-electron chi connectivity index (χ2n) is 4.14. The van der Waals surface area contributed by atoms with Gasteiger partial charge in [-0.3, -0.25) is 0 Å². The molecular formula is C11H17N3O. The molecule has 4 nitrogen and oxygen atoms in total. The number of hydrogen-bond acceptors (Lipinski definition) is 4. The molecule has 1 aromatic rings. The van der Waals surface area contributed by atoms with E-state index in [9.17, 15) is 5.11 Å². The zero-order valence-electron chi connectivity index (χ0n) is 8.93. The Morgan fingerprint density at radius 2 is 2.47 bits per heavy atom. The van der Waals surface area contributed by atoms with Crippen LogP contribution in [-0.2, 0) is 0 Å². The number of aromatic nitrogens is 1. The van der Waals surface area contributed by atoms with Gasteiger partial charge >= 0.3 is 0 Å². The Kier molecular flexibility index (Phi) is 2.77. The molecule has 1 aromatic heterocycles. The SMILES string of the molecule is CC(O)C1CCN(c2cccnc2N)C1. The Morgan fingerprint density at radius 3 is 3.07 bits per heavy atom. The maximum atomic E-state index is 9.51. The van der Waals surface area contributed by atoms with Crippen LogP contribution >= 0.6 is 0 Å². The highest BCUT2D eigenvalue weighted by molar-refractivity contribution is 5.63. The molecule has 0 radical (unpaired) electrons. The number of nitrogens with zero attached hydrogens (tertiary/aromatic N) is 2. The fourth-order valence-corrected chi connectivity index (χ4v) is 2.08. The van der Waals surface area contributed by atoms with Gasteiger partial charge in [0.1, 0.15) is 5.82 Å². The molecule has 15 heavy (non-hydrogen) atoms. The van der Waals surface area contributed by atoms with Crippen molar-refractivity contribution in [2.24, 2.45) is 5.92 Å². The molecule has 82 valence electrons. The molecule has 0 amide bonds. The van der Waals surface area contributed by atoms with Crippen LogP contribution in [0.25, 0.3) is 0 Å². The van der Waals surface area contributed by atoms with Gasteiger partial charge in [-0.25, -0.2) is 4.98 Å². The Balaban J connectivity index is 2.11. The van der Waals surface area contributed by atoms with E-state index in [2.05, 4.69) is 9.88 Å². The Hall–Kier alpha value is -1.29. The van der Waals surface area contributed by atoms with Gasteiger partial charge in [0.25, 0.3) is 0 Å². The first kappa shape index (κ1) is 10.2. The smallest absolute Gasteiger partial charge is 0.146 e. The molecule has 1 fully saturated rings. The molecule has 2 heterocycles. The predicted molar refractivity (Wildman–Crippen MR) is 60.7 cm³/mol. The van der Waals surface area contributed by atoms with Crippen molar-refractivity contribution in [1.82, 2.24) is 4.98 Å². The van der Waals surface area contributed by atoms with Crippen LogP contribution in [-0.4, -0.2) is 29.3 Å². The lowest BCUT2D eigenvalue weighted by molar-refractivity contribution is 0.136. The van der Waals surface area contributed by atoms with Gasteiger partial charge in [-0.05, 0) is 25.5 Å². The molecule has 0 aliphatic carbocycles. The van der Waals surface area contributed by atoms with Crippen molar-refractivity contribution in [2.75, 3.05) is 23.7 Å². The van der Waals surface area contributed by atoms with E-state index in [-0.39, 0.29) is 6.10 Å². The molecule has 2 atom stereocenters. The first-order valence-electron chi connectivity index (χ1n) is 5.32. The zero-order chi connectivity index (χ0) is 10.8. The van der Waals surface area contributed by atoms with Crippen molar-refractivity contribution in [1.29, 1.82) is 0 Å². The molecular weight excluding hydrogens is 190 g/mol. The number of pyridine rings is 1. The summed E-state index contributed by atoms with van der Waals surface area (Å²) in [7, 11) is 0. The fourth-order valence-electron chi connectivity index (χ4n) is 2.08. The Labute approximate surface area is 89.7 Å². The number of nitrogens with two attached hydrogens (primary N) is 1. The van der Waals surface area contributed by atoms with Crippen LogP contribution in [0.3, 0.4) is 0 Å². The second-order valence-corrected chi connectivity index (χ2v) is 4.14. The first-order chi connectivity index (χ1) is 7.18. The monoisotopic (exact) mass is 207 g/mol. The van der Waals surface area contributed by atoms with E-state index in [0.29, 0.717) is 11.7 Å². The number of rotatable bonds is 2. The van der Waals surface area contributed by atoms with Crippen LogP contribution in [0, 0.1) is 5.92 Å². The minimum Gasteiger partial charge on any atom is -0.393 e. The van der Waals surface area contributed by atoms with Crippen LogP contribution in [0.15, 0.2) is 18.3 Å². The van der Waals surface area contributed by atoms with E-state index in [4.69, 9.17) is 5.73 Å². The largest absolute Gasteiger partial charge is 0.393 e. The minimum absolute atomic E-state index is 0.243. The lowest BCUT2D eigenvalue weighted by atomic mass is 10.0. The fraction of sp³-hybridized carbons (Fsp3) is 0.545. The third kappa shape index (κ3) is 2.04. The van der Waals surface area contributed by atoms with Crippen molar-refractivity contribution in [3.63, 3.8) is 0 Å². The molecule has 1 saturated heterocycles. The molecule has 4 heteroatoms. The Morgan fingerprint density at radius 1 is 1.67 bits per heavy atom. The maximum absolute atomic E-state index is 9.51. The molecule has 0 spiro atoms. The third-order valence-electron chi connectivity index (χ3n) is 3.06. The normalized spacial score (nSPS) is 23.1. The molecule has 1 aliphatic heterocycles. The van der Waals surface area contributed by atoms with Crippen molar-refractivity contribution in [2.45, 2.75) is 19.4 Å². The highest BCUT2D eigenvalue weighted by Gasteiger charge is 2.26. The summed E-state index contributed by atoms with van der Waals surface area (Å²) in [6.07, 6.45) is 2.47. The standard InChI is InChI=1S/C11H17N3O/c1-8(15)9-4-6-14(7-9)10-3-2-5-13-11(10)12/h2-3,5,8-9,15H,4,6-7H2,1H3,(H2,12,13). The number of aliphatic hydroxyl groups is 1. The molecule has 1 aliphatic rings. The van der Waals surface area contributed by atoms with Crippen molar-refractivity contribution >= 4 is 11.5 Å². The van der Waals surface area contributed by atoms with Gasteiger partial charge in [-0.15, -0.1) is 0 Å². The molecule has 3 N–H and O–H groups in total. The van der Waals surface area contributed by atoms with Gasteiger partial charge in [0, 0.05) is 25.2 Å². The van der Waals surface area contributed by atoms with Crippen LogP contribution in [0.5, 0.6) is 0 Å². The van der Waals surface area contributed by atoms with Crippen LogP contribution in [0.1, 0.15) is 13.3 Å². The van der Waals surface area contributed by atoms with Gasteiger partial charge in [-0.1, -0.05) is 0 Å². The quantitative estimate of drug-likeness (QED) is 0.755. The summed E-state index contributed by atoms with van der Waals surface area (Å²) < 4.78 is 0. The van der Waals surface area contributed by atoms with Gasteiger partial charge in [0.2, 0.25) is 0 Å². The topological polar surface area (TPSA) is 62.4 Å². The van der Waals surface area contributed by atoms with E-state index in [0.717, 1.165) is 25.2 Å². The maximum Gasteiger partial charge on any atom is 0.146 e. The summed E-state index contributed by atoms with van der Waals surface area (Å²) in [5, 5.41) is 9.51. The summed E-state index contributed by atoms with van der Waals surface area (Å²) in [6, 6.07) is 3.87. The number of nitrogen functional groups attached to an aromatic ring is 1. The van der Waals surface area contributed by atoms with E-state index < -0.39 is 0 Å². The number of aliphatic hydroxyl groups excluding tert-OH is 1. The van der Waals surface area contributed by atoms with Crippen molar-refractivity contribution < 1.29 is 5.11 Å². The summed E-state index contributed by atoms with van der Waals surface area (Å²) in [4.78, 5) is 6.26. The number of hydrogen-bond donors (Lipinski definition) is 2. The summed E-state index contributed by atoms with van der Waals surface area (Å²) in [6.45, 7) is 3.67. The van der Waals surface area contributed by atoms with Gasteiger partial charge in [0.15, 0.2) is 0 Å². The van der Waals surface area contributed by atoms with E-state index in [1.54, 1.807) is 6.20 Å². The summed E-state index contributed by atoms with van der Waals surface area (Å²) in [5.74, 6) is 0.924. The van der Waals surface area contributed by atoms with Crippen LogP contribution in [0.4, 0.5) is 11.5 Å². The van der Waals surface area contributed by atoms with Gasteiger partial charge in [-0.2, -0.15) is 0 Å². The minimum atomic E-state index is -0.243. The average molecular weight is 207 g/mol. The van der Waals surface area contributed by atoms with E-state index in [1.165, 1.54) is 0 Å². The first-order valence-corrected chi connectivity index (χ1v) is 5.32. The van der Waals surface area contributed by atoms with Gasteiger partial charge in [0.05, 0.1) is 11.8 Å².